The van der Waals surface area contributed by atoms with E-state index >= 15 is 0 Å². The second-order valence-corrected chi connectivity index (χ2v) is 5.14. The van der Waals surface area contributed by atoms with Crippen LogP contribution in [-0.4, -0.2) is 18.3 Å². The lowest BCUT2D eigenvalue weighted by molar-refractivity contribution is 0.220. The molecule has 84 valence electrons. The van der Waals surface area contributed by atoms with Crippen LogP contribution in [0.25, 0.3) is 0 Å². The second-order valence-electron chi connectivity index (χ2n) is 4.29. The van der Waals surface area contributed by atoms with E-state index in [9.17, 15) is 5.11 Å². The highest BCUT2D eigenvalue weighted by Crippen LogP contribution is 2.45. The zero-order valence-corrected chi connectivity index (χ0v) is 10.4. The van der Waals surface area contributed by atoms with Crippen molar-refractivity contribution in [2.45, 2.75) is 12.8 Å². The number of benzene rings is 1. The number of nitriles is 1. The molecule has 0 unspecified atom stereocenters. The molecular formula is C12H13BrN2O. The molecule has 0 spiro atoms. The average Bonchev–Trinajstić information content (AvgIpc) is 3.07. The van der Waals surface area contributed by atoms with E-state index in [4.69, 9.17) is 5.26 Å². The van der Waals surface area contributed by atoms with Gasteiger partial charge in [0, 0.05) is 16.4 Å². The highest BCUT2D eigenvalue weighted by Gasteiger charge is 2.41. The number of aliphatic hydroxyl groups excluding tert-OH is 1. The number of nitrogens with zero attached hydrogens (tertiary/aromatic N) is 1. The lowest BCUT2D eigenvalue weighted by Gasteiger charge is -2.15. The van der Waals surface area contributed by atoms with Crippen molar-refractivity contribution in [2.24, 2.45) is 5.41 Å². The fourth-order valence-corrected chi connectivity index (χ4v) is 2.09. The summed E-state index contributed by atoms with van der Waals surface area (Å²) < 4.78 is 0.800. The van der Waals surface area contributed by atoms with Gasteiger partial charge in [-0.15, -0.1) is 0 Å². The summed E-state index contributed by atoms with van der Waals surface area (Å²) in [5.74, 6) is 0. The molecule has 1 aromatic rings. The first-order valence-corrected chi connectivity index (χ1v) is 6.03. The Morgan fingerprint density at radius 3 is 2.81 bits per heavy atom. The number of hydrogen-bond donors (Lipinski definition) is 2. The van der Waals surface area contributed by atoms with Crippen LogP contribution in [0.15, 0.2) is 22.7 Å². The van der Waals surface area contributed by atoms with E-state index in [1.165, 1.54) is 0 Å². The van der Waals surface area contributed by atoms with E-state index in [-0.39, 0.29) is 12.0 Å². The predicted octanol–water partition coefficient (Wildman–Crippen LogP) is 2.51. The van der Waals surface area contributed by atoms with Gasteiger partial charge >= 0.3 is 0 Å². The standard InChI is InChI=1S/C12H13BrN2O/c13-10-2-1-3-11(9(10)6-14)15-7-12(8-16)4-5-12/h1-3,15-16H,4-5,7-8H2. The quantitative estimate of drug-likeness (QED) is 0.891. The predicted molar refractivity (Wildman–Crippen MR) is 66.1 cm³/mol. The molecule has 2 N–H and O–H groups in total. The van der Waals surface area contributed by atoms with Crippen LogP contribution in [0.3, 0.4) is 0 Å². The van der Waals surface area contributed by atoms with Crippen molar-refractivity contribution in [3.05, 3.63) is 28.2 Å². The molecule has 1 aliphatic carbocycles. The van der Waals surface area contributed by atoms with Crippen molar-refractivity contribution < 1.29 is 5.11 Å². The monoisotopic (exact) mass is 280 g/mol. The summed E-state index contributed by atoms with van der Waals surface area (Å²) in [6.07, 6.45) is 2.12. The van der Waals surface area contributed by atoms with Crippen molar-refractivity contribution in [3.63, 3.8) is 0 Å². The molecule has 1 fully saturated rings. The molecule has 16 heavy (non-hydrogen) atoms. The second kappa shape index (κ2) is 4.44. The number of rotatable bonds is 4. The van der Waals surface area contributed by atoms with Crippen LogP contribution < -0.4 is 5.32 Å². The third kappa shape index (κ3) is 2.21. The smallest absolute Gasteiger partial charge is 0.103 e. The first kappa shape index (κ1) is 11.4. The molecule has 0 bridgehead atoms. The van der Waals surface area contributed by atoms with Crippen LogP contribution in [0.1, 0.15) is 18.4 Å². The van der Waals surface area contributed by atoms with Crippen LogP contribution in [0.4, 0.5) is 5.69 Å². The molecule has 1 aliphatic rings. The van der Waals surface area contributed by atoms with Crippen molar-refractivity contribution in [1.82, 2.24) is 0 Å². The molecule has 1 saturated carbocycles. The summed E-state index contributed by atoms with van der Waals surface area (Å²) in [5, 5.41) is 21.5. The van der Waals surface area contributed by atoms with Crippen LogP contribution >= 0.6 is 15.9 Å². The van der Waals surface area contributed by atoms with Crippen molar-refractivity contribution in [2.75, 3.05) is 18.5 Å². The number of anilines is 1. The summed E-state index contributed by atoms with van der Waals surface area (Å²) >= 11 is 3.35. The Balaban J connectivity index is 2.10. The van der Waals surface area contributed by atoms with Gasteiger partial charge in [0.25, 0.3) is 0 Å². The van der Waals surface area contributed by atoms with Crippen LogP contribution in [0.5, 0.6) is 0 Å². The number of nitrogens with one attached hydrogen (secondary N) is 1. The number of hydrogen-bond acceptors (Lipinski definition) is 3. The summed E-state index contributed by atoms with van der Waals surface area (Å²) in [7, 11) is 0. The maximum Gasteiger partial charge on any atom is 0.103 e. The van der Waals surface area contributed by atoms with Gasteiger partial charge in [-0.05, 0) is 40.9 Å². The van der Waals surface area contributed by atoms with Gasteiger partial charge in [-0.1, -0.05) is 6.07 Å². The highest BCUT2D eigenvalue weighted by atomic mass is 79.9. The van der Waals surface area contributed by atoms with Gasteiger partial charge in [-0.25, -0.2) is 0 Å². The van der Waals surface area contributed by atoms with E-state index in [0.717, 1.165) is 29.5 Å². The molecular weight excluding hydrogens is 268 g/mol. The first-order chi connectivity index (χ1) is 7.71. The Kier molecular flexibility index (Phi) is 3.17. The minimum Gasteiger partial charge on any atom is -0.396 e. The summed E-state index contributed by atoms with van der Waals surface area (Å²) in [6, 6.07) is 7.80. The maximum atomic E-state index is 9.20. The van der Waals surface area contributed by atoms with E-state index in [0.29, 0.717) is 5.56 Å². The Hall–Kier alpha value is -1.05. The molecule has 0 atom stereocenters. The molecule has 2 rings (SSSR count). The summed E-state index contributed by atoms with van der Waals surface area (Å²) in [5.41, 5.74) is 1.50. The van der Waals surface area contributed by atoms with Gasteiger partial charge in [0.05, 0.1) is 17.9 Å². The Morgan fingerprint density at radius 1 is 1.50 bits per heavy atom. The average molecular weight is 281 g/mol. The van der Waals surface area contributed by atoms with E-state index in [1.54, 1.807) is 0 Å². The SMILES string of the molecule is N#Cc1c(Br)cccc1NCC1(CO)CC1. The molecule has 0 amide bonds. The van der Waals surface area contributed by atoms with Crippen molar-refractivity contribution >= 4 is 21.6 Å². The van der Waals surface area contributed by atoms with Gasteiger partial charge in [0.15, 0.2) is 0 Å². The van der Waals surface area contributed by atoms with Gasteiger partial charge in [-0.2, -0.15) is 5.26 Å². The Labute approximate surface area is 103 Å². The lowest BCUT2D eigenvalue weighted by atomic mass is 10.1. The van der Waals surface area contributed by atoms with E-state index in [1.807, 2.05) is 18.2 Å². The van der Waals surface area contributed by atoms with Crippen LogP contribution in [0.2, 0.25) is 0 Å². The largest absolute Gasteiger partial charge is 0.396 e. The minimum absolute atomic E-state index is 0.0506. The molecule has 1 aromatic carbocycles. The minimum atomic E-state index is 0.0506. The van der Waals surface area contributed by atoms with E-state index < -0.39 is 0 Å². The molecule has 3 nitrogen and oxygen atoms in total. The fraction of sp³-hybridized carbons (Fsp3) is 0.417. The highest BCUT2D eigenvalue weighted by molar-refractivity contribution is 9.10. The molecule has 0 aliphatic heterocycles. The number of halogens is 1. The van der Waals surface area contributed by atoms with Crippen molar-refractivity contribution in [3.8, 4) is 6.07 Å². The summed E-state index contributed by atoms with van der Waals surface area (Å²) in [4.78, 5) is 0. The third-order valence-electron chi connectivity index (χ3n) is 3.07. The van der Waals surface area contributed by atoms with Gasteiger partial charge in [0.1, 0.15) is 6.07 Å². The van der Waals surface area contributed by atoms with Crippen LogP contribution in [-0.2, 0) is 0 Å². The van der Waals surface area contributed by atoms with E-state index in [2.05, 4.69) is 27.3 Å². The maximum absolute atomic E-state index is 9.20. The normalized spacial score (nSPS) is 16.6. The van der Waals surface area contributed by atoms with Gasteiger partial charge in [0.2, 0.25) is 0 Å². The molecule has 0 radical (unpaired) electrons. The Morgan fingerprint density at radius 2 is 2.25 bits per heavy atom. The zero-order chi connectivity index (χ0) is 11.6. The Bertz CT molecular complexity index is 435. The molecule has 0 aromatic heterocycles. The van der Waals surface area contributed by atoms with Gasteiger partial charge < -0.3 is 10.4 Å². The molecule has 4 heteroatoms. The lowest BCUT2D eigenvalue weighted by Crippen LogP contribution is -2.19. The first-order valence-electron chi connectivity index (χ1n) is 5.24. The summed E-state index contributed by atoms with van der Waals surface area (Å²) in [6.45, 7) is 0.949. The zero-order valence-electron chi connectivity index (χ0n) is 8.83. The fourth-order valence-electron chi connectivity index (χ4n) is 1.64. The third-order valence-corrected chi connectivity index (χ3v) is 3.73. The van der Waals surface area contributed by atoms with Crippen LogP contribution in [0, 0.1) is 16.7 Å². The number of aliphatic hydroxyl groups is 1. The molecule has 0 saturated heterocycles. The van der Waals surface area contributed by atoms with Crippen molar-refractivity contribution in [1.29, 1.82) is 5.26 Å². The topological polar surface area (TPSA) is 56.0 Å². The molecule has 0 heterocycles. The van der Waals surface area contributed by atoms with Gasteiger partial charge in [-0.3, -0.25) is 0 Å².